The fourth-order valence-corrected chi connectivity index (χ4v) is 1.18. The first kappa shape index (κ1) is 13.4. The molecule has 0 aliphatic rings. The summed E-state index contributed by atoms with van der Waals surface area (Å²) >= 11 is 0. The second kappa shape index (κ2) is 9.00. The van der Waals surface area contributed by atoms with E-state index >= 15 is 0 Å². The van der Waals surface area contributed by atoms with Gasteiger partial charge >= 0.3 is 5.97 Å². The highest BCUT2D eigenvalue weighted by Gasteiger charge is 2.03. The molecule has 0 rings (SSSR count). The van der Waals surface area contributed by atoms with Crippen LogP contribution in [0.4, 0.5) is 0 Å². The van der Waals surface area contributed by atoms with Gasteiger partial charge in [-0.2, -0.15) is 0 Å². The quantitative estimate of drug-likeness (QED) is 0.484. The van der Waals surface area contributed by atoms with Crippen molar-refractivity contribution in [2.45, 2.75) is 58.4 Å². The molecule has 2 N–H and O–H groups in total. The summed E-state index contributed by atoms with van der Waals surface area (Å²) in [4.78, 5) is 11.1. The minimum absolute atomic E-state index is 0.0817. The maximum Gasteiger partial charge on any atom is 0.305 e. The predicted molar refractivity (Wildman–Crippen MR) is 58.0 cm³/mol. The molecule has 3 nitrogen and oxygen atoms in total. The molecule has 0 aliphatic carbocycles. The van der Waals surface area contributed by atoms with Gasteiger partial charge in [-0.3, -0.25) is 4.79 Å². The van der Waals surface area contributed by atoms with E-state index in [2.05, 4.69) is 6.92 Å². The van der Waals surface area contributed by atoms with Crippen molar-refractivity contribution in [3.05, 3.63) is 0 Å². The molecule has 0 bridgehead atoms. The Bertz CT molecular complexity index is 146. The van der Waals surface area contributed by atoms with Gasteiger partial charge in [-0.25, -0.2) is 0 Å². The average Bonchev–Trinajstić information content (AvgIpc) is 2.12. The molecule has 0 aliphatic heterocycles. The Kier molecular flexibility index (Phi) is 8.64. The van der Waals surface area contributed by atoms with E-state index in [1.807, 2.05) is 6.92 Å². The summed E-state index contributed by atoms with van der Waals surface area (Å²) in [7, 11) is 0. The van der Waals surface area contributed by atoms with Crippen LogP contribution in [0.1, 0.15) is 52.4 Å². The normalized spacial score (nSPS) is 12.5. The predicted octanol–water partition coefficient (Wildman–Crippen LogP) is 2.24. The van der Waals surface area contributed by atoms with E-state index < -0.39 is 0 Å². The third kappa shape index (κ3) is 9.52. The van der Waals surface area contributed by atoms with Crippen LogP contribution >= 0.6 is 0 Å². The van der Waals surface area contributed by atoms with Crippen LogP contribution < -0.4 is 5.73 Å². The van der Waals surface area contributed by atoms with E-state index in [0.717, 1.165) is 32.1 Å². The van der Waals surface area contributed by atoms with Crippen LogP contribution in [0.3, 0.4) is 0 Å². The molecule has 0 spiro atoms. The zero-order valence-corrected chi connectivity index (χ0v) is 9.42. The van der Waals surface area contributed by atoms with Crippen LogP contribution in [0.5, 0.6) is 0 Å². The van der Waals surface area contributed by atoms with Crippen molar-refractivity contribution >= 4 is 5.97 Å². The van der Waals surface area contributed by atoms with Gasteiger partial charge in [-0.05, 0) is 26.2 Å². The minimum Gasteiger partial charge on any atom is -0.466 e. The standard InChI is InChI=1S/C11H23NO2/c1-3-4-5-9-14-11(13)8-6-7-10(2)12/h10H,3-9,12H2,1-2H3. The zero-order chi connectivity index (χ0) is 10.8. The Morgan fingerprint density at radius 3 is 2.64 bits per heavy atom. The van der Waals surface area contributed by atoms with Gasteiger partial charge in [0.1, 0.15) is 0 Å². The number of hydrogen-bond donors (Lipinski definition) is 1. The third-order valence-corrected chi connectivity index (χ3v) is 2.05. The average molecular weight is 201 g/mol. The van der Waals surface area contributed by atoms with Gasteiger partial charge in [-0.1, -0.05) is 19.8 Å². The molecule has 0 saturated carbocycles. The summed E-state index contributed by atoms with van der Waals surface area (Å²) in [5.74, 6) is -0.0817. The fourth-order valence-electron chi connectivity index (χ4n) is 1.18. The SMILES string of the molecule is CCCCCOC(=O)CCCC(C)N. The highest BCUT2D eigenvalue weighted by atomic mass is 16.5. The second-order valence-corrected chi connectivity index (χ2v) is 3.80. The van der Waals surface area contributed by atoms with Crippen LogP contribution in [-0.4, -0.2) is 18.6 Å². The summed E-state index contributed by atoms with van der Waals surface area (Å²) in [6.07, 6.45) is 5.51. The Morgan fingerprint density at radius 1 is 1.36 bits per heavy atom. The molecular formula is C11H23NO2. The Hall–Kier alpha value is -0.570. The lowest BCUT2D eigenvalue weighted by atomic mass is 10.1. The lowest BCUT2D eigenvalue weighted by Crippen LogP contribution is -2.15. The van der Waals surface area contributed by atoms with Gasteiger partial charge in [0.25, 0.3) is 0 Å². The molecule has 1 unspecified atom stereocenters. The number of unbranched alkanes of at least 4 members (excludes halogenated alkanes) is 2. The van der Waals surface area contributed by atoms with Crippen molar-refractivity contribution in [2.24, 2.45) is 5.73 Å². The number of carbonyl (C=O) groups excluding carboxylic acids is 1. The molecular weight excluding hydrogens is 178 g/mol. The van der Waals surface area contributed by atoms with Crippen LogP contribution in [0, 0.1) is 0 Å². The summed E-state index contributed by atoms with van der Waals surface area (Å²) in [6, 6.07) is 0.183. The van der Waals surface area contributed by atoms with Crippen molar-refractivity contribution in [1.82, 2.24) is 0 Å². The van der Waals surface area contributed by atoms with Crippen LogP contribution in [-0.2, 0) is 9.53 Å². The van der Waals surface area contributed by atoms with Crippen molar-refractivity contribution in [1.29, 1.82) is 0 Å². The highest BCUT2D eigenvalue weighted by Crippen LogP contribution is 2.01. The molecule has 84 valence electrons. The Labute approximate surface area is 87.0 Å². The minimum atomic E-state index is -0.0817. The number of esters is 1. The number of nitrogens with two attached hydrogens (primary N) is 1. The monoisotopic (exact) mass is 201 g/mol. The second-order valence-electron chi connectivity index (χ2n) is 3.80. The maximum atomic E-state index is 11.1. The van der Waals surface area contributed by atoms with Crippen molar-refractivity contribution in [3.8, 4) is 0 Å². The lowest BCUT2D eigenvalue weighted by Gasteiger charge is -2.05. The largest absolute Gasteiger partial charge is 0.466 e. The van der Waals surface area contributed by atoms with E-state index in [1.165, 1.54) is 0 Å². The van der Waals surface area contributed by atoms with Crippen LogP contribution in [0.15, 0.2) is 0 Å². The summed E-state index contributed by atoms with van der Waals surface area (Å²) in [5.41, 5.74) is 5.57. The van der Waals surface area contributed by atoms with Gasteiger partial charge in [-0.15, -0.1) is 0 Å². The highest BCUT2D eigenvalue weighted by molar-refractivity contribution is 5.69. The molecule has 0 saturated heterocycles. The smallest absolute Gasteiger partial charge is 0.305 e. The van der Waals surface area contributed by atoms with Gasteiger partial charge in [0.2, 0.25) is 0 Å². The topological polar surface area (TPSA) is 52.3 Å². The third-order valence-electron chi connectivity index (χ3n) is 2.05. The van der Waals surface area contributed by atoms with Gasteiger partial charge in [0, 0.05) is 12.5 Å². The van der Waals surface area contributed by atoms with E-state index in [1.54, 1.807) is 0 Å². The van der Waals surface area contributed by atoms with Crippen molar-refractivity contribution in [3.63, 3.8) is 0 Å². The van der Waals surface area contributed by atoms with Gasteiger partial charge < -0.3 is 10.5 Å². The number of hydrogen-bond acceptors (Lipinski definition) is 3. The molecule has 0 aromatic heterocycles. The zero-order valence-electron chi connectivity index (χ0n) is 9.42. The maximum absolute atomic E-state index is 11.1. The van der Waals surface area contributed by atoms with Crippen LogP contribution in [0.25, 0.3) is 0 Å². The van der Waals surface area contributed by atoms with E-state index in [4.69, 9.17) is 10.5 Å². The molecule has 0 amide bonds. The summed E-state index contributed by atoms with van der Waals surface area (Å²) in [6.45, 7) is 4.65. The Balaban J connectivity index is 3.20. The number of carbonyl (C=O) groups is 1. The van der Waals surface area contributed by atoms with Gasteiger partial charge in [0.05, 0.1) is 6.61 Å². The molecule has 0 aromatic carbocycles. The summed E-state index contributed by atoms with van der Waals surface area (Å²) in [5, 5.41) is 0. The number of ether oxygens (including phenoxy) is 1. The molecule has 0 heterocycles. The molecule has 1 atom stereocenters. The summed E-state index contributed by atoms with van der Waals surface area (Å²) < 4.78 is 5.05. The fraction of sp³-hybridized carbons (Fsp3) is 0.909. The van der Waals surface area contributed by atoms with Crippen molar-refractivity contribution < 1.29 is 9.53 Å². The molecule has 14 heavy (non-hydrogen) atoms. The molecule has 0 fully saturated rings. The first-order chi connectivity index (χ1) is 6.66. The Morgan fingerprint density at radius 2 is 2.07 bits per heavy atom. The van der Waals surface area contributed by atoms with Crippen molar-refractivity contribution in [2.75, 3.05) is 6.61 Å². The first-order valence-electron chi connectivity index (χ1n) is 5.58. The first-order valence-corrected chi connectivity index (χ1v) is 5.58. The molecule has 3 heteroatoms. The van der Waals surface area contributed by atoms with Crippen LogP contribution in [0.2, 0.25) is 0 Å². The lowest BCUT2D eigenvalue weighted by molar-refractivity contribution is -0.143. The van der Waals surface area contributed by atoms with E-state index in [-0.39, 0.29) is 12.0 Å². The molecule has 0 radical (unpaired) electrons. The number of rotatable bonds is 8. The van der Waals surface area contributed by atoms with E-state index in [0.29, 0.717) is 13.0 Å². The van der Waals surface area contributed by atoms with E-state index in [9.17, 15) is 4.79 Å². The molecule has 0 aromatic rings. The van der Waals surface area contributed by atoms with Gasteiger partial charge in [0.15, 0.2) is 0 Å².